The van der Waals surface area contributed by atoms with Gasteiger partial charge in [-0.3, -0.25) is 0 Å². The van der Waals surface area contributed by atoms with Crippen molar-refractivity contribution in [3.63, 3.8) is 0 Å². The third-order valence-electron chi connectivity index (χ3n) is 2.40. The quantitative estimate of drug-likeness (QED) is 0.804. The summed E-state index contributed by atoms with van der Waals surface area (Å²) in [5.41, 5.74) is 6.41. The molecule has 0 radical (unpaired) electrons. The number of nitrogens with two attached hydrogens (primary N) is 1. The molecule has 0 aliphatic heterocycles. The fourth-order valence-corrected chi connectivity index (χ4v) is 1.45. The summed E-state index contributed by atoms with van der Waals surface area (Å²) in [6, 6.07) is 0.0641. The maximum atomic E-state index is 6.06. The van der Waals surface area contributed by atoms with Crippen molar-refractivity contribution in [2.75, 3.05) is 0 Å². The number of aromatic nitrogens is 2. The van der Waals surface area contributed by atoms with Gasteiger partial charge in [0.05, 0.1) is 6.04 Å². The van der Waals surface area contributed by atoms with Crippen molar-refractivity contribution in [2.45, 2.75) is 39.7 Å². The van der Waals surface area contributed by atoms with Crippen LogP contribution in [0.1, 0.15) is 45.5 Å². The lowest BCUT2D eigenvalue weighted by Gasteiger charge is -2.20. The van der Waals surface area contributed by atoms with Crippen LogP contribution in [0.3, 0.4) is 0 Å². The van der Waals surface area contributed by atoms with Crippen LogP contribution in [0.4, 0.5) is 0 Å². The molecule has 0 spiro atoms. The SMILES string of the molecule is Cn1ccnc1[C@@H](N)CCC(C)(C)C. The molecule has 0 aromatic carbocycles. The van der Waals surface area contributed by atoms with Crippen LogP contribution in [0.2, 0.25) is 0 Å². The Labute approximate surface area is 86.3 Å². The molecule has 0 saturated heterocycles. The minimum absolute atomic E-state index is 0.0641. The number of hydrogen-bond acceptors (Lipinski definition) is 2. The van der Waals surface area contributed by atoms with Crippen molar-refractivity contribution in [3.8, 4) is 0 Å². The van der Waals surface area contributed by atoms with E-state index in [4.69, 9.17) is 5.73 Å². The van der Waals surface area contributed by atoms with Gasteiger partial charge in [0.2, 0.25) is 0 Å². The van der Waals surface area contributed by atoms with E-state index in [0.29, 0.717) is 5.41 Å². The van der Waals surface area contributed by atoms with Gasteiger partial charge in [0.15, 0.2) is 0 Å². The molecule has 80 valence electrons. The van der Waals surface area contributed by atoms with Crippen molar-refractivity contribution in [2.24, 2.45) is 18.2 Å². The molecule has 1 aromatic heterocycles. The van der Waals surface area contributed by atoms with E-state index in [-0.39, 0.29) is 6.04 Å². The van der Waals surface area contributed by atoms with Crippen LogP contribution in [0.5, 0.6) is 0 Å². The topological polar surface area (TPSA) is 43.8 Å². The Morgan fingerprint density at radius 3 is 2.57 bits per heavy atom. The highest BCUT2D eigenvalue weighted by Crippen LogP contribution is 2.25. The number of nitrogens with zero attached hydrogens (tertiary/aromatic N) is 2. The predicted molar refractivity (Wildman–Crippen MR) is 58.8 cm³/mol. The Morgan fingerprint density at radius 1 is 1.50 bits per heavy atom. The summed E-state index contributed by atoms with van der Waals surface area (Å²) in [6.07, 6.45) is 5.86. The lowest BCUT2D eigenvalue weighted by atomic mass is 9.89. The van der Waals surface area contributed by atoms with Gasteiger partial charge in [0.1, 0.15) is 5.82 Å². The summed E-state index contributed by atoms with van der Waals surface area (Å²) in [5, 5.41) is 0. The van der Waals surface area contributed by atoms with Crippen LogP contribution in [0.15, 0.2) is 12.4 Å². The Balaban J connectivity index is 2.51. The minimum atomic E-state index is 0.0641. The second-order valence-corrected chi connectivity index (χ2v) is 5.10. The van der Waals surface area contributed by atoms with Gasteiger partial charge < -0.3 is 10.3 Å². The van der Waals surface area contributed by atoms with E-state index in [9.17, 15) is 0 Å². The molecule has 14 heavy (non-hydrogen) atoms. The average Bonchev–Trinajstić information content (AvgIpc) is 2.46. The normalized spacial score (nSPS) is 14.4. The maximum absolute atomic E-state index is 6.06. The molecule has 0 amide bonds. The van der Waals surface area contributed by atoms with Crippen molar-refractivity contribution in [3.05, 3.63) is 18.2 Å². The van der Waals surface area contributed by atoms with E-state index in [1.807, 2.05) is 17.8 Å². The molecule has 0 saturated carbocycles. The van der Waals surface area contributed by atoms with Gasteiger partial charge >= 0.3 is 0 Å². The average molecular weight is 195 g/mol. The molecule has 2 N–H and O–H groups in total. The highest BCUT2D eigenvalue weighted by molar-refractivity contribution is 4.97. The van der Waals surface area contributed by atoms with Crippen LogP contribution in [-0.2, 0) is 7.05 Å². The summed E-state index contributed by atoms with van der Waals surface area (Å²) in [7, 11) is 1.99. The fraction of sp³-hybridized carbons (Fsp3) is 0.727. The third-order valence-corrected chi connectivity index (χ3v) is 2.40. The van der Waals surface area contributed by atoms with E-state index in [2.05, 4.69) is 25.8 Å². The van der Waals surface area contributed by atoms with Crippen LogP contribution >= 0.6 is 0 Å². The van der Waals surface area contributed by atoms with Gasteiger partial charge in [-0.2, -0.15) is 0 Å². The Kier molecular flexibility index (Phi) is 3.32. The molecule has 0 fully saturated rings. The smallest absolute Gasteiger partial charge is 0.125 e. The minimum Gasteiger partial charge on any atom is -0.337 e. The summed E-state index contributed by atoms with van der Waals surface area (Å²) in [6.45, 7) is 6.70. The summed E-state index contributed by atoms with van der Waals surface area (Å²) >= 11 is 0. The van der Waals surface area contributed by atoms with Crippen LogP contribution in [0.25, 0.3) is 0 Å². The first-order valence-electron chi connectivity index (χ1n) is 5.13. The number of imidazole rings is 1. The molecule has 0 aliphatic carbocycles. The predicted octanol–water partition coefficient (Wildman–Crippen LogP) is 2.25. The molecule has 1 heterocycles. The number of aryl methyl sites for hydroxylation is 1. The molecule has 0 aliphatic rings. The maximum Gasteiger partial charge on any atom is 0.125 e. The van der Waals surface area contributed by atoms with Crippen molar-refractivity contribution in [1.29, 1.82) is 0 Å². The zero-order valence-electron chi connectivity index (χ0n) is 9.62. The summed E-state index contributed by atoms with van der Waals surface area (Å²) in [5.74, 6) is 0.981. The molecule has 1 rings (SSSR count). The first-order valence-corrected chi connectivity index (χ1v) is 5.13. The lowest BCUT2D eigenvalue weighted by Crippen LogP contribution is -2.18. The van der Waals surface area contributed by atoms with E-state index in [0.717, 1.165) is 18.7 Å². The fourth-order valence-electron chi connectivity index (χ4n) is 1.45. The Hall–Kier alpha value is -0.830. The standard InChI is InChI=1S/C11H21N3/c1-11(2,3)6-5-9(12)10-13-7-8-14(10)4/h7-9H,5-6,12H2,1-4H3/t9-/m0/s1. The number of rotatable bonds is 3. The van der Waals surface area contributed by atoms with E-state index < -0.39 is 0 Å². The van der Waals surface area contributed by atoms with Gasteiger partial charge in [0, 0.05) is 19.4 Å². The van der Waals surface area contributed by atoms with Gasteiger partial charge in [-0.05, 0) is 18.3 Å². The van der Waals surface area contributed by atoms with Crippen molar-refractivity contribution in [1.82, 2.24) is 9.55 Å². The van der Waals surface area contributed by atoms with E-state index in [1.165, 1.54) is 0 Å². The van der Waals surface area contributed by atoms with Crippen LogP contribution in [0, 0.1) is 5.41 Å². The molecule has 3 heteroatoms. The van der Waals surface area contributed by atoms with Crippen LogP contribution in [-0.4, -0.2) is 9.55 Å². The van der Waals surface area contributed by atoms with E-state index in [1.54, 1.807) is 6.20 Å². The Morgan fingerprint density at radius 2 is 2.14 bits per heavy atom. The van der Waals surface area contributed by atoms with Crippen molar-refractivity contribution < 1.29 is 0 Å². The van der Waals surface area contributed by atoms with Gasteiger partial charge in [-0.15, -0.1) is 0 Å². The monoisotopic (exact) mass is 195 g/mol. The lowest BCUT2D eigenvalue weighted by molar-refractivity contribution is 0.345. The Bertz CT molecular complexity index is 283. The molecule has 0 unspecified atom stereocenters. The molecule has 0 bridgehead atoms. The highest BCUT2D eigenvalue weighted by atomic mass is 15.1. The summed E-state index contributed by atoms with van der Waals surface area (Å²) in [4.78, 5) is 4.25. The molecular weight excluding hydrogens is 174 g/mol. The zero-order valence-corrected chi connectivity index (χ0v) is 9.62. The second kappa shape index (κ2) is 4.13. The molecule has 1 aromatic rings. The number of hydrogen-bond donors (Lipinski definition) is 1. The van der Waals surface area contributed by atoms with E-state index >= 15 is 0 Å². The van der Waals surface area contributed by atoms with Gasteiger partial charge in [0.25, 0.3) is 0 Å². The zero-order chi connectivity index (χ0) is 10.8. The van der Waals surface area contributed by atoms with Crippen LogP contribution < -0.4 is 5.73 Å². The van der Waals surface area contributed by atoms with Gasteiger partial charge in [-0.25, -0.2) is 4.98 Å². The highest BCUT2D eigenvalue weighted by Gasteiger charge is 2.16. The molecule has 1 atom stereocenters. The third kappa shape index (κ3) is 3.14. The van der Waals surface area contributed by atoms with Crippen molar-refractivity contribution >= 4 is 0 Å². The first kappa shape index (κ1) is 11.2. The second-order valence-electron chi connectivity index (χ2n) is 5.10. The first-order chi connectivity index (χ1) is 6.40. The molecule has 3 nitrogen and oxygen atoms in total. The van der Waals surface area contributed by atoms with Gasteiger partial charge in [-0.1, -0.05) is 20.8 Å². The largest absolute Gasteiger partial charge is 0.337 e. The molecular formula is C11H21N3. The summed E-state index contributed by atoms with van der Waals surface area (Å²) < 4.78 is 1.99.